The Balaban J connectivity index is 1.65. The molecule has 0 unspecified atom stereocenters. The summed E-state index contributed by atoms with van der Waals surface area (Å²) in [5, 5.41) is 2.33. The Labute approximate surface area is 165 Å². The van der Waals surface area contributed by atoms with Gasteiger partial charge in [0.25, 0.3) is 5.91 Å². The molecule has 0 aliphatic carbocycles. The van der Waals surface area contributed by atoms with Crippen LogP contribution in [0.4, 0.5) is 20.2 Å². The number of carbonyl (C=O) groups is 3. The number of carbonyl (C=O) groups excluding carboxylic acids is 3. The average Bonchev–Trinajstić information content (AvgIpc) is 2.69. The maximum atomic E-state index is 13.2. The summed E-state index contributed by atoms with van der Waals surface area (Å²) < 4.78 is 37.0. The van der Waals surface area contributed by atoms with Crippen molar-refractivity contribution in [3.05, 3.63) is 54.1 Å². The number of nitrogens with one attached hydrogen (secondary N) is 1. The first-order valence-corrected chi connectivity index (χ1v) is 8.76. The first-order valence-electron chi connectivity index (χ1n) is 8.76. The Morgan fingerprint density at radius 1 is 1.17 bits per heavy atom. The molecule has 2 atom stereocenters. The summed E-state index contributed by atoms with van der Waals surface area (Å²) in [6, 6.07) is 9.60. The molecule has 1 aliphatic heterocycles. The van der Waals surface area contributed by atoms with Gasteiger partial charge in [0.1, 0.15) is 5.75 Å². The number of benzene rings is 2. The quantitative estimate of drug-likeness (QED) is 0.792. The minimum absolute atomic E-state index is 0.0161. The molecule has 0 radical (unpaired) electrons. The molecule has 1 aliphatic rings. The highest BCUT2D eigenvalue weighted by atomic mass is 19.2. The SMILES string of the molecule is CC(=O)N1C[C@@H](C(=O)O[C@@H](C)C(=O)Nc2ccc(F)c(F)c2)Oc2ccccc21. The maximum Gasteiger partial charge on any atom is 0.350 e. The van der Waals surface area contributed by atoms with Gasteiger partial charge in [0.2, 0.25) is 12.0 Å². The highest BCUT2D eigenvalue weighted by Gasteiger charge is 2.35. The zero-order valence-electron chi connectivity index (χ0n) is 15.6. The molecule has 0 saturated heterocycles. The molecule has 3 rings (SSSR count). The van der Waals surface area contributed by atoms with E-state index in [1.165, 1.54) is 24.8 Å². The normalized spacial score (nSPS) is 16.3. The van der Waals surface area contributed by atoms with Gasteiger partial charge in [-0.3, -0.25) is 9.59 Å². The molecule has 0 aromatic heterocycles. The van der Waals surface area contributed by atoms with Crippen molar-refractivity contribution in [3.63, 3.8) is 0 Å². The number of esters is 1. The van der Waals surface area contributed by atoms with E-state index in [-0.39, 0.29) is 18.1 Å². The molecule has 9 heteroatoms. The third kappa shape index (κ3) is 4.50. The smallest absolute Gasteiger partial charge is 0.350 e. The van der Waals surface area contributed by atoms with E-state index in [0.717, 1.165) is 12.1 Å². The molecule has 1 N–H and O–H groups in total. The van der Waals surface area contributed by atoms with Crippen molar-refractivity contribution in [1.82, 2.24) is 0 Å². The number of halogens is 2. The molecule has 2 aromatic carbocycles. The lowest BCUT2D eigenvalue weighted by molar-refractivity contribution is -0.160. The minimum Gasteiger partial charge on any atom is -0.475 e. The van der Waals surface area contributed by atoms with Gasteiger partial charge < -0.3 is 19.7 Å². The number of rotatable bonds is 4. The Morgan fingerprint density at radius 2 is 1.90 bits per heavy atom. The summed E-state index contributed by atoms with van der Waals surface area (Å²) >= 11 is 0. The van der Waals surface area contributed by atoms with Gasteiger partial charge in [-0.05, 0) is 31.2 Å². The van der Waals surface area contributed by atoms with Crippen molar-refractivity contribution in [2.75, 3.05) is 16.8 Å². The van der Waals surface area contributed by atoms with Crippen LogP contribution in [0.2, 0.25) is 0 Å². The van der Waals surface area contributed by atoms with Crippen molar-refractivity contribution in [1.29, 1.82) is 0 Å². The van der Waals surface area contributed by atoms with Crippen LogP contribution in [0.5, 0.6) is 5.75 Å². The first kappa shape index (κ1) is 20.2. The number of ether oxygens (including phenoxy) is 2. The number of fused-ring (bicyclic) bond motifs is 1. The van der Waals surface area contributed by atoms with Crippen LogP contribution in [0.15, 0.2) is 42.5 Å². The summed E-state index contributed by atoms with van der Waals surface area (Å²) in [7, 11) is 0. The average molecular weight is 404 g/mol. The molecule has 0 bridgehead atoms. The molecule has 29 heavy (non-hydrogen) atoms. The van der Waals surface area contributed by atoms with E-state index in [9.17, 15) is 23.2 Å². The summed E-state index contributed by atoms with van der Waals surface area (Å²) in [4.78, 5) is 38.0. The molecule has 0 fully saturated rings. The van der Waals surface area contributed by atoms with Crippen LogP contribution in [0.25, 0.3) is 0 Å². The zero-order chi connectivity index (χ0) is 21.1. The van der Waals surface area contributed by atoms with E-state index in [0.29, 0.717) is 11.4 Å². The van der Waals surface area contributed by atoms with Crippen molar-refractivity contribution in [2.24, 2.45) is 0 Å². The van der Waals surface area contributed by atoms with Crippen molar-refractivity contribution in [2.45, 2.75) is 26.1 Å². The van der Waals surface area contributed by atoms with Gasteiger partial charge >= 0.3 is 5.97 Å². The third-order valence-electron chi connectivity index (χ3n) is 4.27. The molecular formula is C20H18F2N2O5. The van der Waals surface area contributed by atoms with Crippen LogP contribution in [-0.4, -0.2) is 36.5 Å². The van der Waals surface area contributed by atoms with Gasteiger partial charge in [0, 0.05) is 18.7 Å². The van der Waals surface area contributed by atoms with Crippen LogP contribution in [-0.2, 0) is 19.1 Å². The lowest BCUT2D eigenvalue weighted by Gasteiger charge is -2.33. The monoisotopic (exact) mass is 404 g/mol. The summed E-state index contributed by atoms with van der Waals surface area (Å²) in [5.41, 5.74) is 0.551. The number of hydrogen-bond donors (Lipinski definition) is 1. The molecule has 7 nitrogen and oxygen atoms in total. The molecular weight excluding hydrogens is 386 g/mol. The van der Waals surface area contributed by atoms with Gasteiger partial charge in [0.15, 0.2) is 17.7 Å². The van der Waals surface area contributed by atoms with Crippen molar-refractivity contribution >= 4 is 29.2 Å². The minimum atomic E-state index is -1.23. The molecule has 2 amide bonds. The van der Waals surface area contributed by atoms with Crippen LogP contribution in [0, 0.1) is 11.6 Å². The Morgan fingerprint density at radius 3 is 2.59 bits per heavy atom. The second-order valence-corrected chi connectivity index (χ2v) is 6.40. The van der Waals surface area contributed by atoms with Gasteiger partial charge in [-0.1, -0.05) is 12.1 Å². The molecule has 2 aromatic rings. The Kier molecular flexibility index (Phi) is 5.76. The summed E-state index contributed by atoms with van der Waals surface area (Å²) in [5.74, 6) is -3.67. The highest BCUT2D eigenvalue weighted by Crippen LogP contribution is 2.33. The van der Waals surface area contributed by atoms with E-state index >= 15 is 0 Å². The highest BCUT2D eigenvalue weighted by molar-refractivity contribution is 5.97. The predicted octanol–water partition coefficient (Wildman–Crippen LogP) is 2.65. The number of anilines is 2. The molecule has 152 valence electrons. The van der Waals surface area contributed by atoms with Crippen LogP contribution in [0.3, 0.4) is 0 Å². The summed E-state index contributed by atoms with van der Waals surface area (Å²) in [6.07, 6.45) is -2.35. The van der Waals surface area contributed by atoms with E-state index in [2.05, 4.69) is 5.32 Å². The Bertz CT molecular complexity index is 966. The first-order chi connectivity index (χ1) is 13.8. The standard InChI is InChI=1S/C20H18F2N2O5/c1-11(19(26)23-13-7-8-14(21)15(22)9-13)28-20(27)18-10-24(12(2)25)16-5-3-4-6-17(16)29-18/h3-9,11,18H,10H2,1-2H3,(H,23,26)/t11-,18-/m0/s1. The molecule has 0 spiro atoms. The maximum absolute atomic E-state index is 13.2. The van der Waals surface area contributed by atoms with E-state index < -0.39 is 35.7 Å². The van der Waals surface area contributed by atoms with Gasteiger partial charge in [-0.2, -0.15) is 0 Å². The van der Waals surface area contributed by atoms with Crippen molar-refractivity contribution in [3.8, 4) is 5.75 Å². The van der Waals surface area contributed by atoms with E-state index in [4.69, 9.17) is 9.47 Å². The van der Waals surface area contributed by atoms with Crippen LogP contribution < -0.4 is 15.0 Å². The lowest BCUT2D eigenvalue weighted by atomic mass is 10.2. The van der Waals surface area contributed by atoms with E-state index in [1.807, 2.05) is 0 Å². The zero-order valence-corrected chi connectivity index (χ0v) is 15.6. The fourth-order valence-electron chi connectivity index (χ4n) is 2.78. The predicted molar refractivity (Wildman–Crippen MR) is 99.4 cm³/mol. The van der Waals surface area contributed by atoms with Crippen LogP contribution in [0.1, 0.15) is 13.8 Å². The summed E-state index contributed by atoms with van der Waals surface area (Å²) in [6.45, 7) is 2.62. The molecule has 1 heterocycles. The molecule has 0 saturated carbocycles. The second kappa shape index (κ2) is 8.26. The fourth-order valence-corrected chi connectivity index (χ4v) is 2.78. The number of para-hydroxylation sites is 2. The number of nitrogens with zero attached hydrogens (tertiary/aromatic N) is 1. The lowest BCUT2D eigenvalue weighted by Crippen LogP contribution is -2.48. The van der Waals surface area contributed by atoms with Crippen LogP contribution >= 0.6 is 0 Å². The van der Waals surface area contributed by atoms with Gasteiger partial charge in [-0.15, -0.1) is 0 Å². The number of amides is 2. The topological polar surface area (TPSA) is 84.9 Å². The van der Waals surface area contributed by atoms with Crippen molar-refractivity contribution < 1.29 is 32.6 Å². The largest absolute Gasteiger partial charge is 0.475 e. The number of hydrogen-bond acceptors (Lipinski definition) is 5. The fraction of sp³-hybridized carbons (Fsp3) is 0.250. The Hall–Kier alpha value is -3.49. The van der Waals surface area contributed by atoms with Gasteiger partial charge in [0.05, 0.1) is 12.2 Å². The van der Waals surface area contributed by atoms with Gasteiger partial charge in [-0.25, -0.2) is 13.6 Å². The third-order valence-corrected chi connectivity index (χ3v) is 4.27. The van der Waals surface area contributed by atoms with E-state index in [1.54, 1.807) is 24.3 Å². The second-order valence-electron chi connectivity index (χ2n) is 6.40.